The fraction of sp³-hybridized carbons (Fsp3) is 0.0417. The van der Waals surface area contributed by atoms with Gasteiger partial charge >= 0.3 is 5.97 Å². The molecule has 32 heavy (non-hydrogen) atoms. The summed E-state index contributed by atoms with van der Waals surface area (Å²) in [5.74, 6) is -1.08. The van der Waals surface area contributed by atoms with E-state index in [0.717, 1.165) is 0 Å². The van der Waals surface area contributed by atoms with Gasteiger partial charge in [-0.05, 0) is 54.1 Å². The number of carboxylic acid groups (broad SMARTS) is 1. The highest BCUT2D eigenvalue weighted by Gasteiger charge is 2.17. The van der Waals surface area contributed by atoms with Gasteiger partial charge in [0.15, 0.2) is 11.5 Å². The molecule has 160 valence electrons. The van der Waals surface area contributed by atoms with Crippen LogP contribution in [0.4, 0.5) is 5.69 Å². The summed E-state index contributed by atoms with van der Waals surface area (Å²) in [5, 5.41) is 14.4. The van der Waals surface area contributed by atoms with Crippen molar-refractivity contribution < 1.29 is 29.0 Å². The van der Waals surface area contributed by atoms with E-state index in [1.165, 1.54) is 24.3 Å². The van der Waals surface area contributed by atoms with Crippen molar-refractivity contribution in [1.82, 2.24) is 5.32 Å². The molecule has 2 amide bonds. The van der Waals surface area contributed by atoms with Crippen molar-refractivity contribution in [3.63, 3.8) is 0 Å². The molecule has 0 spiro atoms. The largest absolute Gasteiger partial charge is 0.478 e. The molecule has 1 heterocycles. The molecule has 0 atom stereocenters. The molecular formula is C24H18N2O6. The summed E-state index contributed by atoms with van der Waals surface area (Å²) in [4.78, 5) is 36.9. The molecule has 3 aromatic rings. The predicted octanol–water partition coefficient (Wildman–Crippen LogP) is 3.52. The normalized spacial score (nSPS) is 12.2. The number of benzene rings is 3. The maximum atomic E-state index is 13.0. The Kier molecular flexibility index (Phi) is 5.85. The molecule has 0 saturated heterocycles. The number of fused-ring (bicyclic) bond motifs is 1. The maximum absolute atomic E-state index is 13.0. The first-order chi connectivity index (χ1) is 15.5. The first-order valence-corrected chi connectivity index (χ1v) is 9.62. The molecular weight excluding hydrogens is 412 g/mol. The lowest BCUT2D eigenvalue weighted by Gasteiger charge is -2.12. The van der Waals surface area contributed by atoms with Gasteiger partial charge in [0, 0.05) is 11.3 Å². The van der Waals surface area contributed by atoms with Crippen LogP contribution in [-0.4, -0.2) is 29.7 Å². The number of ether oxygens (including phenoxy) is 2. The van der Waals surface area contributed by atoms with Crippen LogP contribution in [0.2, 0.25) is 0 Å². The average molecular weight is 430 g/mol. The van der Waals surface area contributed by atoms with Gasteiger partial charge in [0.1, 0.15) is 5.70 Å². The average Bonchev–Trinajstić information content (AvgIpc) is 3.27. The predicted molar refractivity (Wildman–Crippen MR) is 116 cm³/mol. The van der Waals surface area contributed by atoms with Gasteiger partial charge in [-0.15, -0.1) is 0 Å². The van der Waals surface area contributed by atoms with E-state index in [9.17, 15) is 14.4 Å². The van der Waals surface area contributed by atoms with E-state index >= 15 is 0 Å². The molecule has 0 aromatic heterocycles. The van der Waals surface area contributed by atoms with Crippen LogP contribution in [-0.2, 0) is 4.79 Å². The first-order valence-electron chi connectivity index (χ1n) is 9.62. The number of hydrogen-bond donors (Lipinski definition) is 3. The van der Waals surface area contributed by atoms with Gasteiger partial charge in [-0.2, -0.15) is 0 Å². The molecule has 0 radical (unpaired) electrons. The molecule has 4 rings (SSSR count). The Hall–Kier alpha value is -4.59. The van der Waals surface area contributed by atoms with Gasteiger partial charge in [-0.25, -0.2) is 4.79 Å². The Labute approximate surface area is 183 Å². The van der Waals surface area contributed by atoms with E-state index in [2.05, 4.69) is 10.6 Å². The van der Waals surface area contributed by atoms with Crippen LogP contribution in [0.5, 0.6) is 11.5 Å². The number of carboxylic acids is 1. The number of carbonyl (C=O) groups excluding carboxylic acids is 2. The number of nitrogens with one attached hydrogen (secondary N) is 2. The molecule has 8 nitrogen and oxygen atoms in total. The van der Waals surface area contributed by atoms with Crippen molar-refractivity contribution >= 4 is 29.5 Å². The van der Waals surface area contributed by atoms with Gasteiger partial charge in [-0.3, -0.25) is 9.59 Å². The lowest BCUT2D eigenvalue weighted by Crippen LogP contribution is -2.30. The Bertz CT molecular complexity index is 1220. The molecule has 0 fully saturated rings. The Morgan fingerprint density at radius 3 is 2.38 bits per heavy atom. The van der Waals surface area contributed by atoms with Crippen LogP contribution < -0.4 is 20.1 Å². The van der Waals surface area contributed by atoms with Crippen LogP contribution in [0.25, 0.3) is 6.08 Å². The quantitative estimate of drug-likeness (QED) is 0.516. The molecule has 1 aliphatic rings. The first kappa shape index (κ1) is 20.7. The molecule has 8 heteroatoms. The maximum Gasteiger partial charge on any atom is 0.335 e. The fourth-order valence-corrected chi connectivity index (χ4v) is 3.04. The van der Waals surface area contributed by atoms with Crippen LogP contribution in [0, 0.1) is 0 Å². The third kappa shape index (κ3) is 4.76. The van der Waals surface area contributed by atoms with Gasteiger partial charge in [0.25, 0.3) is 11.8 Å². The van der Waals surface area contributed by atoms with Crippen molar-refractivity contribution in [3.8, 4) is 11.5 Å². The second-order valence-electron chi connectivity index (χ2n) is 6.83. The lowest BCUT2D eigenvalue weighted by molar-refractivity contribution is -0.113. The van der Waals surface area contributed by atoms with Crippen molar-refractivity contribution in [2.45, 2.75) is 0 Å². The summed E-state index contributed by atoms with van der Waals surface area (Å²) in [6.45, 7) is 0.112. The monoisotopic (exact) mass is 430 g/mol. The number of amides is 2. The standard InChI is InChI=1S/C24H18N2O6/c27-22(16-5-2-1-3-6-16)26-19(11-15-9-10-20-21(12-15)32-14-31-20)23(28)25-18-8-4-7-17(13-18)24(29)30/h1-13H,14H2,(H,25,28)(H,26,27)(H,29,30)/b19-11+. The topological polar surface area (TPSA) is 114 Å². The van der Waals surface area contributed by atoms with Gasteiger partial charge < -0.3 is 25.2 Å². The molecule has 0 bridgehead atoms. The van der Waals surface area contributed by atoms with Crippen molar-refractivity contribution in [3.05, 3.63) is 95.2 Å². The molecule has 0 aliphatic carbocycles. The second-order valence-corrected chi connectivity index (χ2v) is 6.83. The number of aromatic carboxylic acids is 1. The SMILES string of the molecule is O=C(Nc1cccc(C(=O)O)c1)/C(=C\c1ccc2c(c1)OCO2)NC(=O)c1ccccc1. The van der Waals surface area contributed by atoms with Crippen molar-refractivity contribution in [2.24, 2.45) is 0 Å². The zero-order chi connectivity index (χ0) is 22.5. The fourth-order valence-electron chi connectivity index (χ4n) is 3.04. The summed E-state index contributed by atoms with van der Waals surface area (Å²) in [5.41, 5.74) is 1.26. The number of carbonyl (C=O) groups is 3. The third-order valence-electron chi connectivity index (χ3n) is 4.60. The van der Waals surface area contributed by atoms with Gasteiger partial charge in [0.05, 0.1) is 5.56 Å². The highest BCUT2D eigenvalue weighted by atomic mass is 16.7. The van der Waals surface area contributed by atoms with E-state index in [-0.39, 0.29) is 23.7 Å². The zero-order valence-electron chi connectivity index (χ0n) is 16.7. The summed E-state index contributed by atoms with van der Waals surface area (Å²) < 4.78 is 10.7. The van der Waals surface area contributed by atoms with E-state index < -0.39 is 17.8 Å². The summed E-state index contributed by atoms with van der Waals surface area (Å²) in [6.07, 6.45) is 1.50. The van der Waals surface area contributed by atoms with Crippen LogP contribution in [0.1, 0.15) is 26.3 Å². The van der Waals surface area contributed by atoms with Crippen LogP contribution in [0.3, 0.4) is 0 Å². The molecule has 3 N–H and O–H groups in total. The highest BCUT2D eigenvalue weighted by Crippen LogP contribution is 2.33. The van der Waals surface area contributed by atoms with E-state index in [4.69, 9.17) is 14.6 Å². The number of anilines is 1. The minimum Gasteiger partial charge on any atom is -0.478 e. The third-order valence-corrected chi connectivity index (χ3v) is 4.60. The molecule has 0 unspecified atom stereocenters. The van der Waals surface area contributed by atoms with E-state index in [1.54, 1.807) is 54.6 Å². The van der Waals surface area contributed by atoms with Crippen molar-refractivity contribution in [1.29, 1.82) is 0 Å². The van der Waals surface area contributed by atoms with Gasteiger partial charge in [-0.1, -0.05) is 30.3 Å². The van der Waals surface area contributed by atoms with E-state index in [0.29, 0.717) is 22.6 Å². The zero-order valence-corrected chi connectivity index (χ0v) is 16.7. The summed E-state index contributed by atoms with van der Waals surface area (Å²) in [6, 6.07) is 19.4. The summed E-state index contributed by atoms with van der Waals surface area (Å²) in [7, 11) is 0. The smallest absolute Gasteiger partial charge is 0.335 e. The minimum absolute atomic E-state index is 0.0254. The van der Waals surface area contributed by atoms with Crippen LogP contribution >= 0.6 is 0 Å². The minimum atomic E-state index is -1.12. The Morgan fingerprint density at radius 2 is 1.59 bits per heavy atom. The van der Waals surface area contributed by atoms with Crippen molar-refractivity contribution in [2.75, 3.05) is 12.1 Å². The summed E-state index contributed by atoms with van der Waals surface area (Å²) >= 11 is 0. The number of rotatable bonds is 6. The molecule has 0 saturated carbocycles. The molecule has 1 aliphatic heterocycles. The Balaban J connectivity index is 1.63. The van der Waals surface area contributed by atoms with E-state index in [1.807, 2.05) is 0 Å². The van der Waals surface area contributed by atoms with Crippen LogP contribution in [0.15, 0.2) is 78.5 Å². The highest BCUT2D eigenvalue weighted by molar-refractivity contribution is 6.11. The Morgan fingerprint density at radius 1 is 0.844 bits per heavy atom. The molecule has 3 aromatic carbocycles. The van der Waals surface area contributed by atoms with Gasteiger partial charge in [0.2, 0.25) is 6.79 Å². The number of hydrogen-bond acceptors (Lipinski definition) is 5. The second kappa shape index (κ2) is 9.05. The lowest BCUT2D eigenvalue weighted by atomic mass is 10.1.